The monoisotopic (exact) mass is 253 g/mol. The Labute approximate surface area is 114 Å². The van der Waals surface area contributed by atoms with Gasteiger partial charge in [0, 0.05) is 5.56 Å². The van der Waals surface area contributed by atoms with Crippen molar-refractivity contribution in [2.45, 2.75) is 20.3 Å². The number of hydrogen-bond acceptors (Lipinski definition) is 1. The molecule has 0 aliphatic carbocycles. The van der Waals surface area contributed by atoms with Crippen molar-refractivity contribution in [3.05, 3.63) is 59.7 Å². The minimum atomic E-state index is -0.390. The molecular weight excluding hydrogens is 234 g/mol. The highest BCUT2D eigenvalue weighted by Crippen LogP contribution is 2.21. The molecule has 0 atom stereocenters. The van der Waals surface area contributed by atoms with Crippen molar-refractivity contribution in [2.24, 2.45) is 11.7 Å². The van der Waals surface area contributed by atoms with Crippen LogP contribution in [0.15, 0.2) is 48.5 Å². The molecule has 0 unspecified atom stereocenters. The molecule has 0 spiro atoms. The quantitative estimate of drug-likeness (QED) is 0.888. The second-order valence-corrected chi connectivity index (χ2v) is 5.24. The lowest BCUT2D eigenvalue weighted by Crippen LogP contribution is -2.10. The highest BCUT2D eigenvalue weighted by atomic mass is 16.1. The number of amides is 1. The first-order valence-electron chi connectivity index (χ1n) is 6.55. The molecular formula is C17H19NO. The number of carbonyl (C=O) groups is 1. The van der Waals surface area contributed by atoms with Crippen molar-refractivity contribution in [3.8, 4) is 11.1 Å². The van der Waals surface area contributed by atoms with Gasteiger partial charge in [-0.3, -0.25) is 4.79 Å². The highest BCUT2D eigenvalue weighted by Gasteiger charge is 2.02. The fourth-order valence-corrected chi connectivity index (χ4v) is 2.13. The molecule has 0 bridgehead atoms. The maximum Gasteiger partial charge on any atom is 0.248 e. The molecule has 0 aliphatic heterocycles. The summed E-state index contributed by atoms with van der Waals surface area (Å²) in [4.78, 5) is 11.0. The summed E-state index contributed by atoms with van der Waals surface area (Å²) in [6.07, 6.45) is 1.10. The Kier molecular flexibility index (Phi) is 4.00. The lowest BCUT2D eigenvalue weighted by atomic mass is 9.98. The number of benzene rings is 2. The van der Waals surface area contributed by atoms with E-state index in [9.17, 15) is 4.79 Å². The molecule has 0 saturated carbocycles. The highest BCUT2D eigenvalue weighted by molar-refractivity contribution is 5.93. The summed E-state index contributed by atoms with van der Waals surface area (Å²) in [6, 6.07) is 16.0. The molecule has 1 amide bonds. The van der Waals surface area contributed by atoms with Gasteiger partial charge in [0.25, 0.3) is 0 Å². The molecule has 2 heteroatoms. The van der Waals surface area contributed by atoms with Crippen LogP contribution in [-0.4, -0.2) is 5.91 Å². The molecule has 2 aromatic rings. The summed E-state index contributed by atoms with van der Waals surface area (Å²) in [6.45, 7) is 4.44. The predicted molar refractivity (Wildman–Crippen MR) is 78.9 cm³/mol. The molecule has 2 nitrogen and oxygen atoms in total. The van der Waals surface area contributed by atoms with Crippen molar-refractivity contribution in [1.82, 2.24) is 0 Å². The maximum atomic E-state index is 11.0. The third-order valence-electron chi connectivity index (χ3n) is 3.10. The van der Waals surface area contributed by atoms with E-state index in [0.717, 1.165) is 17.5 Å². The van der Waals surface area contributed by atoms with Gasteiger partial charge in [-0.15, -0.1) is 0 Å². The van der Waals surface area contributed by atoms with E-state index in [1.54, 1.807) is 12.1 Å². The van der Waals surface area contributed by atoms with E-state index in [-0.39, 0.29) is 5.91 Å². The SMILES string of the molecule is CC(C)Cc1ccc(-c2ccc(C(N)=O)cc2)cc1. The van der Waals surface area contributed by atoms with Crippen molar-refractivity contribution in [2.75, 3.05) is 0 Å². The van der Waals surface area contributed by atoms with Crippen LogP contribution in [0.2, 0.25) is 0 Å². The molecule has 0 aliphatic rings. The number of rotatable bonds is 4. The predicted octanol–water partition coefficient (Wildman–Crippen LogP) is 3.65. The van der Waals surface area contributed by atoms with Gasteiger partial charge in [-0.25, -0.2) is 0 Å². The third kappa shape index (κ3) is 3.44. The lowest BCUT2D eigenvalue weighted by Gasteiger charge is -2.07. The normalized spacial score (nSPS) is 10.7. The summed E-state index contributed by atoms with van der Waals surface area (Å²) < 4.78 is 0. The van der Waals surface area contributed by atoms with Crippen molar-refractivity contribution in [1.29, 1.82) is 0 Å². The average molecular weight is 253 g/mol. The summed E-state index contributed by atoms with van der Waals surface area (Å²) in [5, 5.41) is 0. The Hall–Kier alpha value is -2.09. The second kappa shape index (κ2) is 5.70. The van der Waals surface area contributed by atoms with Gasteiger partial charge in [0.2, 0.25) is 5.91 Å². The van der Waals surface area contributed by atoms with Crippen LogP contribution < -0.4 is 5.73 Å². The summed E-state index contributed by atoms with van der Waals surface area (Å²) in [7, 11) is 0. The van der Waals surface area contributed by atoms with Gasteiger partial charge in [0.15, 0.2) is 0 Å². The largest absolute Gasteiger partial charge is 0.366 e. The van der Waals surface area contributed by atoms with Gasteiger partial charge in [-0.05, 0) is 41.2 Å². The first-order valence-corrected chi connectivity index (χ1v) is 6.55. The van der Waals surface area contributed by atoms with Gasteiger partial charge in [0.1, 0.15) is 0 Å². The lowest BCUT2D eigenvalue weighted by molar-refractivity contribution is 0.100. The topological polar surface area (TPSA) is 43.1 Å². The Morgan fingerprint density at radius 2 is 1.42 bits per heavy atom. The smallest absolute Gasteiger partial charge is 0.248 e. The zero-order valence-electron chi connectivity index (χ0n) is 11.4. The summed E-state index contributed by atoms with van der Waals surface area (Å²) >= 11 is 0. The molecule has 0 fully saturated rings. The first-order chi connectivity index (χ1) is 9.06. The molecule has 2 N–H and O–H groups in total. The van der Waals surface area contributed by atoms with Crippen LogP contribution in [0.1, 0.15) is 29.8 Å². The fourth-order valence-electron chi connectivity index (χ4n) is 2.13. The minimum Gasteiger partial charge on any atom is -0.366 e. The molecule has 98 valence electrons. The van der Waals surface area contributed by atoms with Crippen molar-refractivity contribution >= 4 is 5.91 Å². The van der Waals surface area contributed by atoms with E-state index in [1.165, 1.54) is 5.56 Å². The van der Waals surface area contributed by atoms with Gasteiger partial charge in [0.05, 0.1) is 0 Å². The van der Waals surface area contributed by atoms with Gasteiger partial charge in [-0.1, -0.05) is 50.2 Å². The summed E-state index contributed by atoms with van der Waals surface area (Å²) in [5.74, 6) is 0.277. The molecule has 0 aromatic heterocycles. The van der Waals surface area contributed by atoms with Crippen molar-refractivity contribution < 1.29 is 4.79 Å². The van der Waals surface area contributed by atoms with E-state index < -0.39 is 0 Å². The maximum absolute atomic E-state index is 11.0. The van der Waals surface area contributed by atoms with Gasteiger partial charge in [-0.2, -0.15) is 0 Å². The molecule has 0 saturated heterocycles. The van der Waals surface area contributed by atoms with Gasteiger partial charge >= 0.3 is 0 Å². The van der Waals surface area contributed by atoms with E-state index >= 15 is 0 Å². The molecule has 0 heterocycles. The average Bonchev–Trinajstić information content (AvgIpc) is 2.39. The van der Waals surface area contributed by atoms with Crippen LogP contribution in [0, 0.1) is 5.92 Å². The minimum absolute atomic E-state index is 0.390. The zero-order valence-corrected chi connectivity index (χ0v) is 11.4. The molecule has 19 heavy (non-hydrogen) atoms. The van der Waals surface area contributed by atoms with E-state index in [0.29, 0.717) is 11.5 Å². The van der Waals surface area contributed by atoms with Gasteiger partial charge < -0.3 is 5.73 Å². The van der Waals surface area contributed by atoms with Crippen LogP contribution in [0.3, 0.4) is 0 Å². The fraction of sp³-hybridized carbons (Fsp3) is 0.235. The van der Waals surface area contributed by atoms with Crippen LogP contribution in [-0.2, 0) is 6.42 Å². The first kappa shape index (κ1) is 13.3. The van der Waals surface area contributed by atoms with E-state index in [1.807, 2.05) is 12.1 Å². The molecule has 0 radical (unpaired) electrons. The van der Waals surface area contributed by atoms with Crippen LogP contribution in [0.25, 0.3) is 11.1 Å². The molecule has 2 aromatic carbocycles. The Morgan fingerprint density at radius 3 is 1.84 bits per heavy atom. The number of nitrogens with two attached hydrogens (primary N) is 1. The molecule has 2 rings (SSSR count). The Morgan fingerprint density at radius 1 is 0.947 bits per heavy atom. The van der Waals surface area contributed by atoms with Crippen LogP contribution >= 0.6 is 0 Å². The third-order valence-corrected chi connectivity index (χ3v) is 3.10. The number of carbonyl (C=O) groups excluding carboxylic acids is 1. The Balaban J connectivity index is 2.19. The van der Waals surface area contributed by atoms with Crippen LogP contribution in [0.5, 0.6) is 0 Å². The van der Waals surface area contributed by atoms with Crippen LogP contribution in [0.4, 0.5) is 0 Å². The van der Waals surface area contributed by atoms with E-state index in [4.69, 9.17) is 5.73 Å². The zero-order chi connectivity index (χ0) is 13.8. The number of hydrogen-bond donors (Lipinski definition) is 1. The summed E-state index contributed by atoms with van der Waals surface area (Å²) in [5.41, 5.74) is 9.38. The van der Waals surface area contributed by atoms with E-state index in [2.05, 4.69) is 38.1 Å². The van der Waals surface area contributed by atoms with Crippen molar-refractivity contribution in [3.63, 3.8) is 0 Å². The number of primary amides is 1. The Bertz CT molecular complexity index is 553. The second-order valence-electron chi connectivity index (χ2n) is 5.24. The standard InChI is InChI=1S/C17H19NO/c1-12(2)11-13-3-5-14(6-4-13)15-7-9-16(10-8-15)17(18)19/h3-10,12H,11H2,1-2H3,(H2,18,19).